The zero-order valence-electron chi connectivity index (χ0n) is 6.05. The quantitative estimate of drug-likeness (QED) is 0.266. The highest BCUT2D eigenvalue weighted by Gasteiger charge is 1.24. The molecule has 4 nitrogen and oxygen atoms in total. The number of nitrogens with two attached hydrogens (primary N) is 1. The molecule has 9 heavy (non-hydrogen) atoms. The maximum atomic E-state index is 8.81. The van der Waals surface area contributed by atoms with E-state index in [1.807, 2.05) is 0 Å². The average Bonchev–Trinajstić information content (AvgIpc) is 1.70. The van der Waals surface area contributed by atoms with Crippen LogP contribution in [0.2, 0.25) is 0 Å². The van der Waals surface area contributed by atoms with Gasteiger partial charge in [-0.1, -0.05) is 0 Å². The summed E-state index contributed by atoms with van der Waals surface area (Å²) in [5.74, 6) is 4.60. The van der Waals surface area contributed by atoms with Gasteiger partial charge in [0.2, 0.25) is 0 Å². The van der Waals surface area contributed by atoms with Gasteiger partial charge >= 0.3 is 0 Å². The summed E-state index contributed by atoms with van der Waals surface area (Å²) in [5, 5.41) is 0. The number of rotatable bonds is 0. The smallest absolute Gasteiger partial charge is 0.116 e. The van der Waals surface area contributed by atoms with Crippen LogP contribution in [0.4, 0.5) is 0 Å². The fourth-order valence-corrected chi connectivity index (χ4v) is 0. The van der Waals surface area contributed by atoms with E-state index in [9.17, 15) is 0 Å². The van der Waals surface area contributed by atoms with Crippen LogP contribution >= 0.6 is 0 Å². The third-order valence-electron chi connectivity index (χ3n) is 0. The summed E-state index contributed by atoms with van der Waals surface area (Å²) in [4.78, 5) is 17.6. The normalized spacial score (nSPS) is 4.89. The Morgan fingerprint density at radius 2 is 1.22 bits per heavy atom. The van der Waals surface area contributed by atoms with E-state index in [0.29, 0.717) is 0 Å². The lowest BCUT2D eigenvalue weighted by molar-refractivity contribution is -0.106. The van der Waals surface area contributed by atoms with Crippen molar-refractivity contribution in [3.63, 3.8) is 0 Å². The molecule has 0 aliphatic heterocycles. The number of aldehydes is 2. The lowest BCUT2D eigenvalue weighted by Crippen LogP contribution is -2.13. The lowest BCUT2D eigenvalue weighted by Gasteiger charge is -1.62. The van der Waals surface area contributed by atoms with Gasteiger partial charge < -0.3 is 9.59 Å². The number of carbonyl (C=O) groups excluding carboxylic acids is 2. The Morgan fingerprint density at radius 1 is 1.22 bits per heavy atom. The third kappa shape index (κ3) is 367. The number of hydrogen-bond acceptors (Lipinski definition) is 4. The Labute approximate surface area is 55.4 Å². The molecule has 0 unspecified atom stereocenters. The van der Waals surface area contributed by atoms with Crippen LogP contribution < -0.4 is 11.3 Å². The van der Waals surface area contributed by atoms with E-state index in [2.05, 4.69) is 11.3 Å². The van der Waals surface area contributed by atoms with Gasteiger partial charge in [-0.25, -0.2) is 0 Å². The molecule has 0 aliphatic rings. The van der Waals surface area contributed by atoms with Crippen molar-refractivity contribution in [1.29, 1.82) is 0 Å². The molecule has 0 spiro atoms. The van der Waals surface area contributed by atoms with Crippen molar-refractivity contribution >= 4 is 12.6 Å². The van der Waals surface area contributed by atoms with E-state index >= 15 is 0 Å². The molecule has 0 saturated carbocycles. The number of carbonyl (C=O) groups is 2. The topological polar surface area (TPSA) is 72.2 Å². The molecular weight excluding hydrogens is 120 g/mol. The van der Waals surface area contributed by atoms with E-state index in [0.717, 1.165) is 12.6 Å². The second-order valence-corrected chi connectivity index (χ2v) is 0.760. The first-order valence-electron chi connectivity index (χ1n) is 2.41. The molecule has 56 valence electrons. The summed E-state index contributed by atoms with van der Waals surface area (Å²) in [7, 11) is 1.65. The number of hydrogen-bond donors (Lipinski definition) is 2. The second-order valence-electron chi connectivity index (χ2n) is 0.760. The Kier molecular flexibility index (Phi) is 97.4. The van der Waals surface area contributed by atoms with Gasteiger partial charge in [0.1, 0.15) is 12.6 Å². The molecule has 0 amide bonds. The van der Waals surface area contributed by atoms with E-state index in [1.54, 1.807) is 7.05 Å². The van der Waals surface area contributed by atoms with Gasteiger partial charge in [-0.15, -0.1) is 0 Å². The molecule has 0 atom stereocenters. The standard InChI is InChI=1S/2C2H4O.CH6N2/c2*1-2-3;1-3-2/h2*2H,1H3;3H,2H2,1H3. The second kappa shape index (κ2) is 55.7. The van der Waals surface area contributed by atoms with Crippen LogP contribution in [0.5, 0.6) is 0 Å². The zero-order valence-corrected chi connectivity index (χ0v) is 6.05. The summed E-state index contributed by atoms with van der Waals surface area (Å²) < 4.78 is 0. The van der Waals surface area contributed by atoms with E-state index < -0.39 is 0 Å². The number of hydrazine groups is 1. The predicted octanol–water partition coefficient (Wildman–Crippen LogP) is -0.510. The Balaban J connectivity index is -0.0000000600. The third-order valence-corrected chi connectivity index (χ3v) is 0. The van der Waals surface area contributed by atoms with Gasteiger partial charge in [0.05, 0.1) is 0 Å². The minimum Gasteiger partial charge on any atom is -0.304 e. The van der Waals surface area contributed by atoms with Gasteiger partial charge in [-0.05, 0) is 20.9 Å². The van der Waals surface area contributed by atoms with Crippen molar-refractivity contribution in [2.75, 3.05) is 7.05 Å². The largest absolute Gasteiger partial charge is 0.304 e. The predicted molar refractivity (Wildman–Crippen MR) is 36.7 cm³/mol. The highest BCUT2D eigenvalue weighted by atomic mass is 16.1. The van der Waals surface area contributed by atoms with Crippen molar-refractivity contribution < 1.29 is 9.59 Å². The van der Waals surface area contributed by atoms with Crippen LogP contribution in [0.25, 0.3) is 0 Å². The zero-order chi connectivity index (χ0) is 8.12. The van der Waals surface area contributed by atoms with E-state index in [4.69, 9.17) is 9.59 Å². The fourth-order valence-electron chi connectivity index (χ4n) is 0. The van der Waals surface area contributed by atoms with Gasteiger partial charge in [0, 0.05) is 0 Å². The number of nitrogens with one attached hydrogen (secondary N) is 1. The Bertz CT molecular complexity index is 42.2. The van der Waals surface area contributed by atoms with Crippen LogP contribution in [-0.2, 0) is 9.59 Å². The van der Waals surface area contributed by atoms with Crippen molar-refractivity contribution in [3.05, 3.63) is 0 Å². The first kappa shape index (κ1) is 15.7. The molecular formula is C5H14N2O2. The molecule has 0 heterocycles. The fraction of sp³-hybridized carbons (Fsp3) is 0.600. The molecule has 0 bridgehead atoms. The molecule has 0 aromatic heterocycles. The van der Waals surface area contributed by atoms with Gasteiger partial charge in [0.15, 0.2) is 0 Å². The lowest BCUT2D eigenvalue weighted by atomic mass is 11.0. The average molecular weight is 134 g/mol. The van der Waals surface area contributed by atoms with Crippen molar-refractivity contribution in [2.24, 2.45) is 5.84 Å². The van der Waals surface area contributed by atoms with Crippen molar-refractivity contribution in [3.8, 4) is 0 Å². The Hall–Kier alpha value is -0.740. The molecule has 0 saturated heterocycles. The van der Waals surface area contributed by atoms with Gasteiger partial charge in [0.25, 0.3) is 0 Å². The molecule has 0 aromatic rings. The van der Waals surface area contributed by atoms with Crippen LogP contribution in [-0.4, -0.2) is 19.6 Å². The maximum Gasteiger partial charge on any atom is 0.116 e. The highest BCUT2D eigenvalue weighted by molar-refractivity contribution is 5.44. The molecule has 0 aliphatic carbocycles. The first-order chi connectivity index (χ1) is 4.24. The van der Waals surface area contributed by atoms with Crippen molar-refractivity contribution in [2.45, 2.75) is 13.8 Å². The van der Waals surface area contributed by atoms with Crippen molar-refractivity contribution in [1.82, 2.24) is 5.43 Å². The first-order valence-corrected chi connectivity index (χ1v) is 2.41. The maximum absolute atomic E-state index is 8.81. The van der Waals surface area contributed by atoms with Gasteiger partial charge in [-0.3, -0.25) is 11.3 Å². The molecule has 3 N–H and O–H groups in total. The van der Waals surface area contributed by atoms with Crippen LogP contribution in [0, 0.1) is 0 Å². The summed E-state index contributed by atoms with van der Waals surface area (Å²) in [6.07, 6.45) is 1.50. The molecule has 4 heteroatoms. The van der Waals surface area contributed by atoms with E-state index in [-0.39, 0.29) is 0 Å². The van der Waals surface area contributed by atoms with Gasteiger partial charge in [-0.2, -0.15) is 0 Å². The summed E-state index contributed by atoms with van der Waals surface area (Å²) in [5.41, 5.74) is 2.25. The molecule has 0 aromatic carbocycles. The Morgan fingerprint density at radius 3 is 1.22 bits per heavy atom. The monoisotopic (exact) mass is 134 g/mol. The van der Waals surface area contributed by atoms with Crippen LogP contribution in [0.1, 0.15) is 13.8 Å². The van der Waals surface area contributed by atoms with Crippen LogP contribution in [0.3, 0.4) is 0 Å². The highest BCUT2D eigenvalue weighted by Crippen LogP contribution is 1.13. The molecule has 0 fully saturated rings. The minimum atomic E-state index is 0.750. The van der Waals surface area contributed by atoms with E-state index in [1.165, 1.54) is 13.8 Å². The van der Waals surface area contributed by atoms with Crippen LogP contribution in [0.15, 0.2) is 0 Å². The summed E-state index contributed by atoms with van der Waals surface area (Å²) in [6, 6.07) is 0. The molecule has 0 rings (SSSR count). The molecule has 0 radical (unpaired) electrons. The minimum absolute atomic E-state index is 0.750. The SMILES string of the molecule is CC=O.CC=O.CNN. The summed E-state index contributed by atoms with van der Waals surface area (Å²) >= 11 is 0. The summed E-state index contributed by atoms with van der Waals surface area (Å²) in [6.45, 7) is 2.89.